The monoisotopic (exact) mass is 282 g/mol. The van der Waals surface area contributed by atoms with Crippen LogP contribution >= 0.6 is 15.9 Å². The lowest BCUT2D eigenvalue weighted by atomic mass is 10.1. The summed E-state index contributed by atoms with van der Waals surface area (Å²) in [5, 5.41) is 1.16. The van der Waals surface area contributed by atoms with Crippen LogP contribution in [0.15, 0.2) is 22.8 Å². The summed E-state index contributed by atoms with van der Waals surface area (Å²) in [6.07, 6.45) is 2.98. The maximum Gasteiger partial charge on any atom is 0.142 e. The molecule has 0 bridgehead atoms. The van der Waals surface area contributed by atoms with Crippen molar-refractivity contribution in [3.8, 4) is 5.75 Å². The van der Waals surface area contributed by atoms with Crippen LogP contribution in [0, 0.1) is 0 Å². The fraction of sp³-hybridized carbons (Fsp3) is 0.333. The molecular formula is C12H15BrN2O. The predicted octanol–water partition coefficient (Wildman–Crippen LogP) is 2.45. The van der Waals surface area contributed by atoms with Gasteiger partial charge in [0.2, 0.25) is 0 Å². The van der Waals surface area contributed by atoms with Crippen LogP contribution in [0.1, 0.15) is 5.56 Å². The van der Waals surface area contributed by atoms with Crippen LogP contribution in [0.2, 0.25) is 0 Å². The van der Waals surface area contributed by atoms with Crippen LogP contribution in [0.3, 0.4) is 0 Å². The lowest BCUT2D eigenvalue weighted by molar-refractivity contribution is 0.417. The quantitative estimate of drug-likeness (QED) is 0.940. The number of nitrogens with two attached hydrogens (primary N) is 1. The topological polar surface area (TPSA) is 40.2 Å². The number of methoxy groups -OCH3 is 1. The van der Waals surface area contributed by atoms with Gasteiger partial charge in [-0.15, -0.1) is 0 Å². The number of aryl methyl sites for hydroxylation is 1. The van der Waals surface area contributed by atoms with Gasteiger partial charge in [-0.2, -0.15) is 0 Å². The van der Waals surface area contributed by atoms with Gasteiger partial charge in [0.15, 0.2) is 0 Å². The van der Waals surface area contributed by atoms with Crippen molar-refractivity contribution in [1.82, 2.24) is 4.57 Å². The zero-order chi connectivity index (χ0) is 11.7. The Morgan fingerprint density at radius 3 is 2.81 bits per heavy atom. The van der Waals surface area contributed by atoms with Gasteiger partial charge in [-0.05, 0) is 46.6 Å². The summed E-state index contributed by atoms with van der Waals surface area (Å²) in [5.41, 5.74) is 8.03. The molecule has 0 fully saturated rings. The molecule has 0 saturated heterocycles. The van der Waals surface area contributed by atoms with E-state index in [1.165, 1.54) is 11.1 Å². The fourth-order valence-electron chi connectivity index (χ4n) is 2.06. The molecule has 1 heterocycles. The van der Waals surface area contributed by atoms with Crippen molar-refractivity contribution in [1.29, 1.82) is 0 Å². The van der Waals surface area contributed by atoms with Crippen LogP contribution < -0.4 is 10.5 Å². The largest absolute Gasteiger partial charge is 0.495 e. The summed E-state index contributed by atoms with van der Waals surface area (Å²) in [7, 11) is 3.73. The zero-order valence-corrected chi connectivity index (χ0v) is 11.0. The molecule has 0 amide bonds. The highest BCUT2D eigenvalue weighted by molar-refractivity contribution is 9.10. The number of aromatic nitrogens is 1. The van der Waals surface area contributed by atoms with Gasteiger partial charge in [0.05, 0.1) is 17.1 Å². The van der Waals surface area contributed by atoms with Crippen molar-refractivity contribution in [3.05, 3.63) is 28.4 Å². The standard InChI is InChI=1S/C12H15BrN2O/c1-15-7-8(5-6-14)11-10(15)4-3-9(13)12(11)16-2/h3-4,7H,5-6,14H2,1-2H3. The van der Waals surface area contributed by atoms with Gasteiger partial charge >= 0.3 is 0 Å². The first-order valence-corrected chi connectivity index (χ1v) is 5.98. The van der Waals surface area contributed by atoms with Gasteiger partial charge in [-0.25, -0.2) is 0 Å². The van der Waals surface area contributed by atoms with E-state index in [-0.39, 0.29) is 0 Å². The second-order valence-electron chi connectivity index (χ2n) is 3.78. The summed E-state index contributed by atoms with van der Waals surface area (Å²) in [5.74, 6) is 0.890. The first kappa shape index (κ1) is 11.5. The first-order valence-electron chi connectivity index (χ1n) is 5.19. The number of halogens is 1. The molecule has 0 unspecified atom stereocenters. The minimum absolute atomic E-state index is 0.648. The van der Waals surface area contributed by atoms with E-state index in [4.69, 9.17) is 10.5 Å². The Bertz CT molecular complexity index is 519. The molecule has 2 aromatic rings. The van der Waals surface area contributed by atoms with Crippen molar-refractivity contribution in [2.75, 3.05) is 13.7 Å². The molecule has 0 aliphatic rings. The Hall–Kier alpha value is -1.00. The van der Waals surface area contributed by atoms with Gasteiger partial charge in [-0.1, -0.05) is 0 Å². The maximum atomic E-state index is 5.63. The SMILES string of the molecule is COc1c(Br)ccc2c1c(CCN)cn2C. The highest BCUT2D eigenvalue weighted by Crippen LogP contribution is 2.36. The van der Waals surface area contributed by atoms with Crippen molar-refractivity contribution < 1.29 is 4.74 Å². The Morgan fingerprint density at radius 1 is 1.44 bits per heavy atom. The average molecular weight is 283 g/mol. The molecule has 3 nitrogen and oxygen atoms in total. The summed E-state index contributed by atoms with van der Waals surface area (Å²) in [4.78, 5) is 0. The highest BCUT2D eigenvalue weighted by atomic mass is 79.9. The van der Waals surface area contributed by atoms with Gasteiger partial charge in [0.1, 0.15) is 5.75 Å². The lowest BCUT2D eigenvalue weighted by Crippen LogP contribution is -2.02. The number of hydrogen-bond donors (Lipinski definition) is 1. The van der Waals surface area contributed by atoms with Crippen LogP contribution in [-0.2, 0) is 13.5 Å². The Morgan fingerprint density at radius 2 is 2.19 bits per heavy atom. The van der Waals surface area contributed by atoms with E-state index in [0.717, 1.165) is 22.0 Å². The van der Waals surface area contributed by atoms with Crippen molar-refractivity contribution >= 4 is 26.8 Å². The molecule has 1 aromatic heterocycles. The predicted molar refractivity (Wildman–Crippen MR) is 69.9 cm³/mol. The molecule has 0 aliphatic carbocycles. The van der Waals surface area contributed by atoms with Crippen molar-refractivity contribution in [2.45, 2.75) is 6.42 Å². The molecule has 0 radical (unpaired) electrons. The van der Waals surface area contributed by atoms with Crippen molar-refractivity contribution in [3.63, 3.8) is 0 Å². The van der Waals surface area contributed by atoms with E-state index in [1.807, 2.05) is 13.1 Å². The number of hydrogen-bond acceptors (Lipinski definition) is 2. The number of fused-ring (bicyclic) bond motifs is 1. The highest BCUT2D eigenvalue weighted by Gasteiger charge is 2.13. The molecule has 0 aliphatic heterocycles. The fourth-order valence-corrected chi connectivity index (χ4v) is 2.56. The van der Waals surface area contributed by atoms with Crippen LogP contribution in [0.5, 0.6) is 5.75 Å². The molecule has 0 saturated carbocycles. The maximum absolute atomic E-state index is 5.63. The minimum Gasteiger partial charge on any atom is -0.495 e. The third-order valence-corrected chi connectivity index (χ3v) is 3.38. The molecule has 2 rings (SSSR count). The van der Waals surface area contributed by atoms with Gasteiger partial charge in [0.25, 0.3) is 0 Å². The van der Waals surface area contributed by atoms with Crippen LogP contribution in [-0.4, -0.2) is 18.2 Å². The number of benzene rings is 1. The second-order valence-corrected chi connectivity index (χ2v) is 4.63. The normalized spacial score (nSPS) is 11.0. The Labute approximate surface area is 103 Å². The van der Waals surface area contributed by atoms with E-state index < -0.39 is 0 Å². The molecule has 1 aromatic carbocycles. The first-order chi connectivity index (χ1) is 7.69. The van der Waals surface area contributed by atoms with E-state index in [0.29, 0.717) is 6.54 Å². The number of nitrogens with zero attached hydrogens (tertiary/aromatic N) is 1. The van der Waals surface area contributed by atoms with Crippen LogP contribution in [0.25, 0.3) is 10.9 Å². The van der Waals surface area contributed by atoms with Gasteiger partial charge < -0.3 is 15.0 Å². The lowest BCUT2D eigenvalue weighted by Gasteiger charge is -2.07. The third-order valence-electron chi connectivity index (χ3n) is 2.76. The Kier molecular flexibility index (Phi) is 3.21. The Balaban J connectivity index is 2.77. The van der Waals surface area contributed by atoms with Gasteiger partial charge in [0, 0.05) is 18.6 Å². The molecule has 0 atom stereocenters. The third kappa shape index (κ3) is 1.72. The van der Waals surface area contributed by atoms with E-state index >= 15 is 0 Å². The zero-order valence-electron chi connectivity index (χ0n) is 9.46. The summed E-state index contributed by atoms with van der Waals surface area (Å²) < 4.78 is 8.54. The smallest absolute Gasteiger partial charge is 0.142 e. The van der Waals surface area contributed by atoms with Crippen molar-refractivity contribution in [2.24, 2.45) is 12.8 Å². The van der Waals surface area contributed by atoms with Crippen LogP contribution in [0.4, 0.5) is 0 Å². The molecule has 86 valence electrons. The van der Waals surface area contributed by atoms with E-state index in [9.17, 15) is 0 Å². The summed E-state index contributed by atoms with van der Waals surface area (Å²) in [6, 6.07) is 4.09. The molecule has 4 heteroatoms. The summed E-state index contributed by atoms with van der Waals surface area (Å²) in [6.45, 7) is 0.648. The number of rotatable bonds is 3. The molecule has 0 spiro atoms. The van der Waals surface area contributed by atoms with Gasteiger partial charge in [-0.3, -0.25) is 0 Å². The van der Waals surface area contributed by atoms with E-state index in [1.54, 1.807) is 7.11 Å². The van der Waals surface area contributed by atoms with E-state index in [2.05, 4.69) is 32.8 Å². The molecule has 2 N–H and O–H groups in total. The molecule has 16 heavy (non-hydrogen) atoms. The number of ether oxygens (including phenoxy) is 1. The second kappa shape index (κ2) is 4.47. The average Bonchev–Trinajstić information content (AvgIpc) is 2.57. The summed E-state index contributed by atoms with van der Waals surface area (Å²) >= 11 is 3.51. The minimum atomic E-state index is 0.648. The molecular weight excluding hydrogens is 268 g/mol.